The van der Waals surface area contributed by atoms with Gasteiger partial charge in [0, 0.05) is 12.5 Å². The molecule has 1 aromatic carbocycles. The van der Waals surface area contributed by atoms with Crippen molar-refractivity contribution >= 4 is 0 Å². The van der Waals surface area contributed by atoms with Gasteiger partial charge in [0.05, 0.1) is 0 Å². The molecule has 0 radical (unpaired) electrons. The SMILES string of the molecule is CC(F)(Cc1cccc(O)c1)C1CCCCN1. The summed E-state index contributed by atoms with van der Waals surface area (Å²) in [5.41, 5.74) is -0.406. The van der Waals surface area contributed by atoms with Gasteiger partial charge in [-0.3, -0.25) is 0 Å². The molecular formula is C14H20FNO. The van der Waals surface area contributed by atoms with Crippen LogP contribution in [-0.2, 0) is 6.42 Å². The van der Waals surface area contributed by atoms with Gasteiger partial charge in [-0.25, -0.2) is 4.39 Å². The monoisotopic (exact) mass is 237 g/mol. The highest BCUT2D eigenvalue weighted by Crippen LogP contribution is 2.27. The van der Waals surface area contributed by atoms with E-state index in [0.717, 1.165) is 31.4 Å². The molecule has 2 rings (SSSR count). The third-order valence-corrected chi connectivity index (χ3v) is 3.50. The van der Waals surface area contributed by atoms with Crippen molar-refractivity contribution in [1.82, 2.24) is 5.32 Å². The molecule has 2 nitrogen and oxygen atoms in total. The van der Waals surface area contributed by atoms with Gasteiger partial charge in [-0.1, -0.05) is 18.6 Å². The van der Waals surface area contributed by atoms with Crippen molar-refractivity contribution in [3.05, 3.63) is 29.8 Å². The Kier molecular flexibility index (Phi) is 3.67. The Morgan fingerprint density at radius 2 is 2.29 bits per heavy atom. The second kappa shape index (κ2) is 5.05. The molecule has 0 saturated carbocycles. The molecule has 3 heteroatoms. The van der Waals surface area contributed by atoms with Crippen LogP contribution in [0.3, 0.4) is 0 Å². The Morgan fingerprint density at radius 3 is 2.94 bits per heavy atom. The summed E-state index contributed by atoms with van der Waals surface area (Å²) in [6.07, 6.45) is 3.47. The van der Waals surface area contributed by atoms with E-state index in [-0.39, 0.29) is 11.8 Å². The summed E-state index contributed by atoms with van der Waals surface area (Å²) in [5, 5.41) is 12.6. The Bertz CT molecular complexity index is 372. The zero-order chi connectivity index (χ0) is 12.3. The van der Waals surface area contributed by atoms with Crippen LogP contribution < -0.4 is 5.32 Å². The molecule has 2 unspecified atom stereocenters. The van der Waals surface area contributed by atoms with Gasteiger partial charge in [0.25, 0.3) is 0 Å². The normalized spacial score (nSPS) is 24.2. The minimum atomic E-state index is -1.26. The number of hydrogen-bond donors (Lipinski definition) is 2. The molecule has 94 valence electrons. The second-order valence-corrected chi connectivity index (χ2v) is 5.13. The predicted octanol–water partition coefficient (Wildman–Crippen LogP) is 2.80. The van der Waals surface area contributed by atoms with Crippen LogP contribution in [0.25, 0.3) is 0 Å². The first-order valence-electron chi connectivity index (χ1n) is 6.28. The van der Waals surface area contributed by atoms with Gasteiger partial charge in [0.15, 0.2) is 0 Å². The van der Waals surface area contributed by atoms with Crippen LogP contribution in [0.1, 0.15) is 31.7 Å². The maximum absolute atomic E-state index is 14.6. The molecule has 1 saturated heterocycles. The zero-order valence-corrected chi connectivity index (χ0v) is 10.2. The van der Waals surface area contributed by atoms with Crippen LogP contribution in [0.2, 0.25) is 0 Å². The fourth-order valence-corrected chi connectivity index (χ4v) is 2.55. The highest BCUT2D eigenvalue weighted by Gasteiger charge is 2.34. The van der Waals surface area contributed by atoms with Crippen LogP contribution in [0.4, 0.5) is 4.39 Å². The van der Waals surface area contributed by atoms with Crippen LogP contribution >= 0.6 is 0 Å². The van der Waals surface area contributed by atoms with Crippen LogP contribution in [0.15, 0.2) is 24.3 Å². The van der Waals surface area contributed by atoms with E-state index < -0.39 is 5.67 Å². The van der Waals surface area contributed by atoms with Crippen molar-refractivity contribution in [2.24, 2.45) is 0 Å². The molecule has 0 amide bonds. The van der Waals surface area contributed by atoms with Crippen molar-refractivity contribution in [3.8, 4) is 5.75 Å². The summed E-state index contributed by atoms with van der Waals surface area (Å²) >= 11 is 0. The average molecular weight is 237 g/mol. The number of aromatic hydroxyl groups is 1. The molecule has 1 heterocycles. The van der Waals surface area contributed by atoms with Crippen molar-refractivity contribution in [1.29, 1.82) is 0 Å². The topological polar surface area (TPSA) is 32.3 Å². The Labute approximate surface area is 102 Å². The third kappa shape index (κ3) is 3.19. The summed E-state index contributed by atoms with van der Waals surface area (Å²) in [5.74, 6) is 0.204. The second-order valence-electron chi connectivity index (χ2n) is 5.13. The van der Waals surface area contributed by atoms with E-state index in [0.29, 0.717) is 6.42 Å². The van der Waals surface area contributed by atoms with Crippen LogP contribution in [0, 0.1) is 0 Å². The van der Waals surface area contributed by atoms with E-state index >= 15 is 0 Å². The summed E-state index contributed by atoms with van der Waals surface area (Å²) in [4.78, 5) is 0. The first-order valence-corrected chi connectivity index (χ1v) is 6.28. The van der Waals surface area contributed by atoms with Gasteiger partial charge in [0.2, 0.25) is 0 Å². The van der Waals surface area contributed by atoms with Crippen molar-refractivity contribution in [3.63, 3.8) is 0 Å². The summed E-state index contributed by atoms with van der Waals surface area (Å²) in [6.45, 7) is 2.56. The Morgan fingerprint density at radius 1 is 1.47 bits per heavy atom. The molecule has 2 N–H and O–H groups in total. The van der Waals surface area contributed by atoms with Gasteiger partial charge in [0.1, 0.15) is 11.4 Å². The summed E-state index contributed by atoms with van der Waals surface area (Å²) < 4.78 is 14.6. The molecule has 1 aliphatic rings. The number of benzene rings is 1. The van der Waals surface area contributed by atoms with Gasteiger partial charge in [-0.15, -0.1) is 0 Å². The van der Waals surface area contributed by atoms with Crippen LogP contribution in [-0.4, -0.2) is 23.4 Å². The molecule has 17 heavy (non-hydrogen) atoms. The number of hydrogen-bond acceptors (Lipinski definition) is 2. The minimum absolute atomic E-state index is 0.0707. The third-order valence-electron chi connectivity index (χ3n) is 3.50. The fraction of sp³-hybridized carbons (Fsp3) is 0.571. The van der Waals surface area contributed by atoms with E-state index in [1.165, 1.54) is 0 Å². The molecule has 0 bridgehead atoms. The average Bonchev–Trinajstić information content (AvgIpc) is 2.29. The van der Waals surface area contributed by atoms with E-state index in [2.05, 4.69) is 5.32 Å². The molecule has 1 aliphatic heterocycles. The number of piperidine rings is 1. The fourth-order valence-electron chi connectivity index (χ4n) is 2.55. The van der Waals surface area contributed by atoms with Gasteiger partial charge >= 0.3 is 0 Å². The van der Waals surface area contributed by atoms with Gasteiger partial charge < -0.3 is 10.4 Å². The Balaban J connectivity index is 2.05. The lowest BCUT2D eigenvalue weighted by atomic mass is 9.86. The molecule has 0 aromatic heterocycles. The molecule has 0 spiro atoms. The standard InChI is InChI=1S/C14H20FNO/c1-14(15,13-7-2-3-8-16-13)10-11-5-4-6-12(17)9-11/h4-6,9,13,16-17H,2-3,7-8,10H2,1H3. The lowest BCUT2D eigenvalue weighted by Gasteiger charge is -2.34. The Hall–Kier alpha value is -1.09. The van der Waals surface area contributed by atoms with Crippen molar-refractivity contribution in [2.75, 3.05) is 6.54 Å². The largest absolute Gasteiger partial charge is 0.508 e. The zero-order valence-electron chi connectivity index (χ0n) is 10.2. The highest BCUT2D eigenvalue weighted by atomic mass is 19.1. The number of halogens is 1. The lowest BCUT2D eigenvalue weighted by molar-refractivity contribution is 0.108. The van der Waals surface area contributed by atoms with Crippen molar-refractivity contribution in [2.45, 2.75) is 44.3 Å². The van der Waals surface area contributed by atoms with Crippen molar-refractivity contribution < 1.29 is 9.50 Å². The van der Waals surface area contributed by atoms with Crippen LogP contribution in [0.5, 0.6) is 5.75 Å². The maximum atomic E-state index is 14.6. The first kappa shape index (κ1) is 12.4. The molecule has 1 aromatic rings. The molecule has 2 atom stereocenters. The van der Waals surface area contributed by atoms with E-state index in [4.69, 9.17) is 0 Å². The summed E-state index contributed by atoms with van der Waals surface area (Å²) in [6, 6.07) is 6.80. The minimum Gasteiger partial charge on any atom is -0.508 e. The lowest BCUT2D eigenvalue weighted by Crippen LogP contribution is -2.49. The predicted molar refractivity (Wildman–Crippen MR) is 67.0 cm³/mol. The maximum Gasteiger partial charge on any atom is 0.127 e. The molecule has 1 fully saturated rings. The number of alkyl halides is 1. The van der Waals surface area contributed by atoms with Gasteiger partial charge in [-0.2, -0.15) is 0 Å². The quantitative estimate of drug-likeness (QED) is 0.847. The number of nitrogens with one attached hydrogen (secondary N) is 1. The number of phenolic OH excluding ortho intramolecular Hbond substituents is 1. The molecular weight excluding hydrogens is 217 g/mol. The highest BCUT2D eigenvalue weighted by molar-refractivity contribution is 5.28. The molecule has 0 aliphatic carbocycles. The smallest absolute Gasteiger partial charge is 0.127 e. The number of phenols is 1. The van der Waals surface area contributed by atoms with Gasteiger partial charge in [-0.05, 0) is 44.0 Å². The summed E-state index contributed by atoms with van der Waals surface area (Å²) in [7, 11) is 0. The van der Waals surface area contributed by atoms with E-state index in [1.54, 1.807) is 25.1 Å². The first-order chi connectivity index (χ1) is 8.08. The van der Waals surface area contributed by atoms with E-state index in [9.17, 15) is 9.50 Å². The van der Waals surface area contributed by atoms with E-state index in [1.807, 2.05) is 6.07 Å². The number of rotatable bonds is 3.